The van der Waals surface area contributed by atoms with Gasteiger partial charge in [0, 0.05) is 5.56 Å². The number of hydrogen-bond acceptors (Lipinski definition) is 3. The van der Waals surface area contributed by atoms with E-state index in [9.17, 15) is 4.79 Å². The second kappa shape index (κ2) is 6.31. The number of fused-ring (bicyclic) bond motifs is 1. The molecule has 22 heavy (non-hydrogen) atoms. The van der Waals surface area contributed by atoms with Gasteiger partial charge in [0.25, 0.3) is 0 Å². The van der Waals surface area contributed by atoms with E-state index in [1.165, 1.54) is 0 Å². The molecule has 3 heteroatoms. The van der Waals surface area contributed by atoms with Crippen LogP contribution in [0.4, 0.5) is 0 Å². The van der Waals surface area contributed by atoms with E-state index in [2.05, 4.69) is 0 Å². The quantitative estimate of drug-likeness (QED) is 0.660. The summed E-state index contributed by atoms with van der Waals surface area (Å²) in [7, 11) is 1.65. The summed E-state index contributed by atoms with van der Waals surface area (Å²) >= 11 is 0. The van der Waals surface area contributed by atoms with Gasteiger partial charge in [-0.2, -0.15) is 0 Å². The Labute approximate surface area is 129 Å². The molecule has 3 nitrogen and oxygen atoms in total. The lowest BCUT2D eigenvalue weighted by molar-refractivity contribution is 0.112. The predicted octanol–water partition coefficient (Wildman–Crippen LogP) is 4.24. The number of aldehydes is 1. The second-order valence-electron chi connectivity index (χ2n) is 5.02. The van der Waals surface area contributed by atoms with Crippen LogP contribution in [-0.2, 0) is 6.61 Å². The van der Waals surface area contributed by atoms with Crippen LogP contribution in [-0.4, -0.2) is 13.4 Å². The summed E-state index contributed by atoms with van der Waals surface area (Å²) in [5, 5.41) is 2.08. The van der Waals surface area contributed by atoms with E-state index >= 15 is 0 Å². The Bertz CT molecular complexity index is 791. The highest BCUT2D eigenvalue weighted by atomic mass is 16.5. The molecule has 0 fully saturated rings. The van der Waals surface area contributed by atoms with Crippen LogP contribution < -0.4 is 9.47 Å². The van der Waals surface area contributed by atoms with Gasteiger partial charge in [-0.1, -0.05) is 30.3 Å². The Morgan fingerprint density at radius 3 is 2.27 bits per heavy atom. The number of carbonyl (C=O) groups excluding carboxylic acids is 1. The number of hydrogen-bond donors (Lipinski definition) is 0. The average molecular weight is 292 g/mol. The number of benzene rings is 3. The van der Waals surface area contributed by atoms with Gasteiger partial charge in [0.15, 0.2) is 0 Å². The monoisotopic (exact) mass is 292 g/mol. The Hall–Kier alpha value is -2.81. The SMILES string of the molecule is COc1ccc(COc2ccc3cc(C=O)ccc3c2)cc1. The van der Waals surface area contributed by atoms with Crippen molar-refractivity contribution in [2.75, 3.05) is 7.11 Å². The third kappa shape index (κ3) is 3.09. The maximum absolute atomic E-state index is 10.8. The molecule has 0 N–H and O–H groups in total. The van der Waals surface area contributed by atoms with Gasteiger partial charge in [-0.05, 0) is 46.7 Å². The van der Waals surface area contributed by atoms with Crippen molar-refractivity contribution >= 4 is 17.1 Å². The molecule has 3 rings (SSSR count). The minimum absolute atomic E-state index is 0.502. The van der Waals surface area contributed by atoms with E-state index in [-0.39, 0.29) is 0 Å². The summed E-state index contributed by atoms with van der Waals surface area (Å²) in [5.41, 5.74) is 1.76. The van der Waals surface area contributed by atoms with Crippen LogP contribution >= 0.6 is 0 Å². The number of rotatable bonds is 5. The lowest BCUT2D eigenvalue weighted by atomic mass is 10.1. The fourth-order valence-corrected chi connectivity index (χ4v) is 2.29. The number of carbonyl (C=O) groups is 1. The van der Waals surface area contributed by atoms with E-state index in [4.69, 9.17) is 9.47 Å². The maximum atomic E-state index is 10.8. The molecular weight excluding hydrogens is 276 g/mol. The molecule has 0 unspecified atom stereocenters. The molecule has 110 valence electrons. The Kier molecular flexibility index (Phi) is 4.05. The van der Waals surface area contributed by atoms with Crippen molar-refractivity contribution in [3.05, 3.63) is 71.8 Å². The third-order valence-electron chi connectivity index (χ3n) is 3.54. The predicted molar refractivity (Wildman–Crippen MR) is 86.7 cm³/mol. The van der Waals surface area contributed by atoms with Crippen LogP contribution in [0.5, 0.6) is 11.5 Å². The second-order valence-corrected chi connectivity index (χ2v) is 5.02. The van der Waals surface area contributed by atoms with E-state index in [0.717, 1.165) is 34.1 Å². The van der Waals surface area contributed by atoms with Gasteiger partial charge in [-0.15, -0.1) is 0 Å². The molecule has 0 aromatic heterocycles. The number of ether oxygens (including phenoxy) is 2. The molecule has 0 spiro atoms. The zero-order valence-electron chi connectivity index (χ0n) is 12.3. The van der Waals surface area contributed by atoms with Crippen molar-refractivity contribution in [1.29, 1.82) is 0 Å². The van der Waals surface area contributed by atoms with Crippen molar-refractivity contribution < 1.29 is 14.3 Å². The smallest absolute Gasteiger partial charge is 0.150 e. The summed E-state index contributed by atoms with van der Waals surface area (Å²) in [6.07, 6.45) is 0.855. The summed E-state index contributed by atoms with van der Waals surface area (Å²) in [5.74, 6) is 1.64. The van der Waals surface area contributed by atoms with Crippen LogP contribution in [0.3, 0.4) is 0 Å². The molecule has 0 aliphatic heterocycles. The fraction of sp³-hybridized carbons (Fsp3) is 0.105. The Morgan fingerprint density at radius 1 is 0.864 bits per heavy atom. The van der Waals surface area contributed by atoms with Crippen LogP contribution in [0.25, 0.3) is 10.8 Å². The van der Waals surface area contributed by atoms with Gasteiger partial charge < -0.3 is 9.47 Å². The van der Waals surface area contributed by atoms with Crippen LogP contribution in [0, 0.1) is 0 Å². The minimum Gasteiger partial charge on any atom is -0.497 e. The molecule has 0 heterocycles. The fourth-order valence-electron chi connectivity index (χ4n) is 2.29. The first-order valence-electron chi connectivity index (χ1n) is 7.03. The average Bonchev–Trinajstić information content (AvgIpc) is 2.59. The molecule has 0 saturated heterocycles. The largest absolute Gasteiger partial charge is 0.497 e. The van der Waals surface area contributed by atoms with Crippen LogP contribution in [0.1, 0.15) is 15.9 Å². The van der Waals surface area contributed by atoms with E-state index in [1.807, 2.05) is 60.7 Å². The first kappa shape index (κ1) is 14.1. The Morgan fingerprint density at radius 2 is 1.55 bits per heavy atom. The third-order valence-corrected chi connectivity index (χ3v) is 3.54. The maximum Gasteiger partial charge on any atom is 0.150 e. The van der Waals surface area contributed by atoms with Gasteiger partial charge in [0.1, 0.15) is 24.4 Å². The molecular formula is C19H16O3. The van der Waals surface area contributed by atoms with Gasteiger partial charge in [0.05, 0.1) is 7.11 Å². The first-order valence-corrected chi connectivity index (χ1v) is 7.03. The molecule has 3 aromatic carbocycles. The first-order chi connectivity index (χ1) is 10.8. The lowest BCUT2D eigenvalue weighted by Gasteiger charge is -2.08. The van der Waals surface area contributed by atoms with Gasteiger partial charge in [-0.3, -0.25) is 4.79 Å². The molecule has 0 aliphatic rings. The highest BCUT2D eigenvalue weighted by Crippen LogP contribution is 2.22. The Balaban J connectivity index is 1.74. The molecule has 0 bridgehead atoms. The zero-order valence-corrected chi connectivity index (χ0v) is 12.3. The summed E-state index contributed by atoms with van der Waals surface area (Å²) < 4.78 is 11.0. The van der Waals surface area contributed by atoms with Crippen LogP contribution in [0.2, 0.25) is 0 Å². The molecule has 0 atom stereocenters. The minimum atomic E-state index is 0.502. The van der Waals surface area contributed by atoms with E-state index < -0.39 is 0 Å². The molecule has 0 saturated carbocycles. The standard InChI is InChI=1S/C19H16O3/c1-21-18-7-3-14(4-8-18)13-22-19-9-6-16-10-15(12-20)2-5-17(16)11-19/h2-12H,13H2,1H3. The van der Waals surface area contributed by atoms with Gasteiger partial charge in [-0.25, -0.2) is 0 Å². The normalized spacial score (nSPS) is 10.4. The van der Waals surface area contributed by atoms with E-state index in [0.29, 0.717) is 12.2 Å². The summed E-state index contributed by atoms with van der Waals surface area (Å²) in [4.78, 5) is 10.8. The molecule has 3 aromatic rings. The van der Waals surface area contributed by atoms with E-state index in [1.54, 1.807) is 7.11 Å². The van der Waals surface area contributed by atoms with Crippen molar-refractivity contribution in [1.82, 2.24) is 0 Å². The topological polar surface area (TPSA) is 35.5 Å². The van der Waals surface area contributed by atoms with Crippen molar-refractivity contribution in [2.24, 2.45) is 0 Å². The summed E-state index contributed by atoms with van der Waals surface area (Å²) in [6.45, 7) is 0.502. The molecule has 0 radical (unpaired) electrons. The van der Waals surface area contributed by atoms with Crippen molar-refractivity contribution in [3.63, 3.8) is 0 Å². The van der Waals surface area contributed by atoms with Gasteiger partial charge in [0.2, 0.25) is 0 Å². The highest BCUT2D eigenvalue weighted by molar-refractivity contribution is 5.89. The van der Waals surface area contributed by atoms with Crippen LogP contribution in [0.15, 0.2) is 60.7 Å². The highest BCUT2D eigenvalue weighted by Gasteiger charge is 2.01. The molecule has 0 aliphatic carbocycles. The zero-order chi connectivity index (χ0) is 15.4. The van der Waals surface area contributed by atoms with Crippen molar-refractivity contribution in [2.45, 2.75) is 6.61 Å². The van der Waals surface area contributed by atoms with Gasteiger partial charge >= 0.3 is 0 Å². The van der Waals surface area contributed by atoms with Crippen molar-refractivity contribution in [3.8, 4) is 11.5 Å². The molecule has 0 amide bonds. The summed E-state index contributed by atoms with van der Waals surface area (Å²) in [6, 6.07) is 19.3. The lowest BCUT2D eigenvalue weighted by Crippen LogP contribution is -1.95. The number of methoxy groups -OCH3 is 1.